The molecule has 6 nitrogen and oxygen atoms in total. The molecule has 8 heteroatoms. The topological polar surface area (TPSA) is 80.3 Å². The molecular weight excluding hydrogens is 362 g/mol. The second kappa shape index (κ2) is 6.50. The molecule has 0 aliphatic rings. The van der Waals surface area contributed by atoms with Crippen LogP contribution in [0, 0.1) is 6.92 Å². The number of aromatic hydroxyl groups is 1. The van der Waals surface area contributed by atoms with E-state index < -0.39 is 11.5 Å². The molecule has 2 aromatic heterocycles. The first-order valence-electron chi connectivity index (χ1n) is 7.50. The number of halogens is 1. The number of thiocarbonyl (C=S) groups is 1. The minimum Gasteiger partial charge on any atom is -0.503 e. The third-order valence-electron chi connectivity index (χ3n) is 3.94. The van der Waals surface area contributed by atoms with Crippen molar-refractivity contribution < 1.29 is 9.52 Å². The minimum atomic E-state index is -0.721. The smallest absolute Gasteiger partial charge is 0.224 e. The highest BCUT2D eigenvalue weighted by molar-refractivity contribution is 7.80. The van der Waals surface area contributed by atoms with Gasteiger partial charge in [-0.2, -0.15) is 0 Å². The van der Waals surface area contributed by atoms with Crippen molar-refractivity contribution in [3.8, 4) is 5.75 Å². The number of benzene rings is 1. The van der Waals surface area contributed by atoms with Crippen molar-refractivity contribution in [1.29, 1.82) is 0 Å². The summed E-state index contributed by atoms with van der Waals surface area (Å²) in [6.45, 7) is 3.48. The number of hydrogen-bond donors (Lipinski definition) is 2. The third-order valence-corrected chi connectivity index (χ3v) is 4.29. The fourth-order valence-electron chi connectivity index (χ4n) is 2.65. The van der Waals surface area contributed by atoms with E-state index in [1.165, 1.54) is 6.07 Å². The van der Waals surface area contributed by atoms with Gasteiger partial charge < -0.3 is 19.4 Å². The zero-order valence-electron chi connectivity index (χ0n) is 13.8. The van der Waals surface area contributed by atoms with Crippen molar-refractivity contribution in [3.05, 3.63) is 56.8 Å². The molecule has 0 aliphatic carbocycles. The quantitative estimate of drug-likeness (QED) is 0.682. The first-order chi connectivity index (χ1) is 11.8. The lowest BCUT2D eigenvalue weighted by molar-refractivity contribution is 0.421. The first kappa shape index (κ1) is 17.4. The molecule has 0 bridgehead atoms. The molecule has 0 saturated carbocycles. The number of rotatable bonds is 3. The molecule has 3 aromatic rings. The van der Waals surface area contributed by atoms with Crippen LogP contribution in [0.2, 0.25) is 5.02 Å². The fraction of sp³-hybridized carbons (Fsp3) is 0.235. The normalized spacial score (nSPS) is 12.3. The first-order valence-corrected chi connectivity index (χ1v) is 8.29. The number of hydrogen-bond acceptors (Lipinski definition) is 5. The summed E-state index contributed by atoms with van der Waals surface area (Å²) in [5.41, 5.74) is 1.66. The predicted octanol–water partition coefficient (Wildman–Crippen LogP) is 3.22. The predicted molar refractivity (Wildman–Crippen MR) is 100 cm³/mol. The summed E-state index contributed by atoms with van der Waals surface area (Å²) in [4.78, 5) is 17.0. The molecule has 130 valence electrons. The third kappa shape index (κ3) is 3.25. The van der Waals surface area contributed by atoms with E-state index in [1.807, 2.05) is 0 Å². The molecule has 0 saturated heterocycles. The zero-order valence-corrected chi connectivity index (χ0v) is 15.4. The Morgan fingerprint density at radius 2 is 2.16 bits per heavy atom. The van der Waals surface area contributed by atoms with Crippen LogP contribution in [-0.4, -0.2) is 19.6 Å². The molecule has 3 rings (SSSR count). The summed E-state index contributed by atoms with van der Waals surface area (Å²) in [6, 6.07) is 5.74. The number of fused-ring (bicyclic) bond motifs is 1. The Morgan fingerprint density at radius 3 is 2.84 bits per heavy atom. The van der Waals surface area contributed by atoms with E-state index in [0.717, 1.165) is 0 Å². The summed E-state index contributed by atoms with van der Waals surface area (Å²) in [6.07, 6.45) is 0. The molecule has 0 fully saturated rings. The maximum Gasteiger partial charge on any atom is 0.224 e. The molecule has 25 heavy (non-hydrogen) atoms. The molecule has 2 N–H and O–H groups in total. The van der Waals surface area contributed by atoms with Crippen LogP contribution < -0.4 is 10.7 Å². The molecule has 0 aliphatic heterocycles. The second-order valence-electron chi connectivity index (χ2n) is 5.74. The van der Waals surface area contributed by atoms with Gasteiger partial charge in [-0.15, -0.1) is 0 Å². The number of oxazole rings is 1. The van der Waals surface area contributed by atoms with Gasteiger partial charge in [0.25, 0.3) is 0 Å². The van der Waals surface area contributed by atoms with E-state index in [0.29, 0.717) is 32.5 Å². The second-order valence-corrected chi connectivity index (χ2v) is 6.79. The van der Waals surface area contributed by atoms with Crippen LogP contribution in [0.15, 0.2) is 33.5 Å². The number of aromatic nitrogens is 2. The van der Waals surface area contributed by atoms with E-state index in [4.69, 9.17) is 28.2 Å². The maximum atomic E-state index is 12.1. The number of nitrogens with one attached hydrogen (secondary N) is 1. The highest BCUT2D eigenvalue weighted by Crippen LogP contribution is 2.30. The largest absolute Gasteiger partial charge is 0.503 e. The molecule has 1 aromatic carbocycles. The van der Waals surface area contributed by atoms with Gasteiger partial charge in [0.2, 0.25) is 11.3 Å². The number of aryl methyl sites for hydroxylation is 1. The number of nitrogens with zero attached hydrogens (tertiary/aromatic N) is 2. The minimum absolute atomic E-state index is 0.275. The van der Waals surface area contributed by atoms with E-state index >= 15 is 0 Å². The Kier molecular flexibility index (Phi) is 4.53. The van der Waals surface area contributed by atoms with Crippen LogP contribution in [0.4, 0.5) is 0 Å². The molecule has 0 radical (unpaired) electrons. The van der Waals surface area contributed by atoms with Crippen molar-refractivity contribution in [1.82, 2.24) is 14.9 Å². The van der Waals surface area contributed by atoms with Crippen molar-refractivity contribution in [3.63, 3.8) is 0 Å². The Morgan fingerprint density at radius 1 is 1.44 bits per heavy atom. The molecule has 0 amide bonds. The van der Waals surface area contributed by atoms with Crippen LogP contribution in [0.1, 0.15) is 30.2 Å². The van der Waals surface area contributed by atoms with Gasteiger partial charge in [-0.05, 0) is 32.0 Å². The van der Waals surface area contributed by atoms with E-state index in [1.54, 1.807) is 43.7 Å². The lowest BCUT2D eigenvalue weighted by Gasteiger charge is -2.21. The van der Waals surface area contributed by atoms with Crippen molar-refractivity contribution >= 4 is 39.9 Å². The lowest BCUT2D eigenvalue weighted by Crippen LogP contribution is -2.30. The molecule has 1 unspecified atom stereocenters. The Hall–Kier alpha value is -2.38. The van der Waals surface area contributed by atoms with Crippen molar-refractivity contribution in [2.75, 3.05) is 0 Å². The van der Waals surface area contributed by atoms with Gasteiger partial charge in [-0.3, -0.25) is 4.79 Å². The van der Waals surface area contributed by atoms with Crippen LogP contribution >= 0.6 is 23.8 Å². The van der Waals surface area contributed by atoms with Gasteiger partial charge in [-0.25, -0.2) is 4.98 Å². The summed E-state index contributed by atoms with van der Waals surface area (Å²) in [5, 5.41) is 13.9. The van der Waals surface area contributed by atoms with Gasteiger partial charge in [0, 0.05) is 23.8 Å². The van der Waals surface area contributed by atoms with E-state index in [9.17, 15) is 9.90 Å². The van der Waals surface area contributed by atoms with Gasteiger partial charge in [-0.1, -0.05) is 23.8 Å². The van der Waals surface area contributed by atoms with Crippen molar-refractivity contribution in [2.45, 2.75) is 19.9 Å². The van der Waals surface area contributed by atoms with Crippen LogP contribution in [0.25, 0.3) is 11.1 Å². The Balaban J connectivity index is 2.25. The van der Waals surface area contributed by atoms with E-state index in [-0.39, 0.29) is 11.6 Å². The van der Waals surface area contributed by atoms with Crippen LogP contribution in [0.3, 0.4) is 0 Å². The summed E-state index contributed by atoms with van der Waals surface area (Å²) in [5.74, 6) is -0.0977. The van der Waals surface area contributed by atoms with Gasteiger partial charge in [0.15, 0.2) is 11.3 Å². The average molecular weight is 378 g/mol. The standard InChI is InChI=1S/C17H16ClN3O3S/c1-8-6-12(22)16(23)15(21(8)3)14(19-9(2)25)17-20-11-7-10(18)4-5-13(11)24-17/h4-7,14,23H,1-3H3,(H,19,25). The van der Waals surface area contributed by atoms with Crippen LogP contribution in [-0.2, 0) is 7.05 Å². The average Bonchev–Trinajstić information content (AvgIpc) is 2.94. The lowest BCUT2D eigenvalue weighted by atomic mass is 10.1. The van der Waals surface area contributed by atoms with Gasteiger partial charge in [0.05, 0.1) is 10.7 Å². The number of pyridine rings is 1. The molecule has 0 spiro atoms. The summed E-state index contributed by atoms with van der Waals surface area (Å²) in [7, 11) is 1.75. The monoisotopic (exact) mass is 377 g/mol. The molecule has 2 heterocycles. The van der Waals surface area contributed by atoms with Gasteiger partial charge in [0.1, 0.15) is 11.6 Å². The SMILES string of the molecule is CC(=S)NC(c1nc2cc(Cl)ccc2o1)c1c(O)c(=O)cc(C)n1C. The highest BCUT2D eigenvalue weighted by atomic mass is 35.5. The zero-order chi connectivity index (χ0) is 18.3. The van der Waals surface area contributed by atoms with Crippen molar-refractivity contribution in [2.24, 2.45) is 7.05 Å². The maximum absolute atomic E-state index is 12.1. The van der Waals surface area contributed by atoms with Crippen LogP contribution in [0.5, 0.6) is 5.75 Å². The Labute approximate surface area is 154 Å². The van der Waals surface area contributed by atoms with E-state index in [2.05, 4.69) is 10.3 Å². The molecular formula is C17H16ClN3O3S. The highest BCUT2D eigenvalue weighted by Gasteiger charge is 2.27. The Bertz CT molecular complexity index is 1040. The summed E-state index contributed by atoms with van der Waals surface area (Å²) < 4.78 is 7.51. The fourth-order valence-corrected chi connectivity index (χ4v) is 2.94. The molecule has 1 atom stereocenters. The summed E-state index contributed by atoms with van der Waals surface area (Å²) >= 11 is 11.2. The van der Waals surface area contributed by atoms with Gasteiger partial charge >= 0.3 is 0 Å².